The number of hydrogen-bond donors (Lipinski definition) is 1. The molecular weight excluding hydrogens is 258 g/mol. The van der Waals surface area contributed by atoms with Crippen LogP contribution in [0, 0.1) is 0 Å². The third-order valence-corrected chi connectivity index (χ3v) is 3.39. The molecule has 2 aromatic carbocycles. The fraction of sp³-hybridized carbons (Fsp3) is 0.211. The highest BCUT2D eigenvalue weighted by atomic mass is 16.1. The van der Waals surface area contributed by atoms with Crippen molar-refractivity contribution in [2.75, 3.05) is 0 Å². The fourth-order valence-electron chi connectivity index (χ4n) is 2.18. The standard InChI is InChI=1S/C19H21NO/c1-2-18(15-17-11-7-4-8-12-17)20-19(21)14-13-16-9-5-3-6-10-16/h3-14,18H,2,15H2,1H3,(H,20,21)/t18-/m1/s1. The molecule has 2 nitrogen and oxygen atoms in total. The normalized spacial score (nSPS) is 12.2. The van der Waals surface area contributed by atoms with E-state index in [1.54, 1.807) is 6.08 Å². The Morgan fingerprint density at radius 1 is 1.05 bits per heavy atom. The van der Waals surface area contributed by atoms with Crippen molar-refractivity contribution in [3.8, 4) is 0 Å². The quantitative estimate of drug-likeness (QED) is 0.800. The Hall–Kier alpha value is -2.35. The van der Waals surface area contributed by atoms with Gasteiger partial charge in [0.25, 0.3) is 0 Å². The minimum atomic E-state index is -0.0402. The van der Waals surface area contributed by atoms with E-state index in [2.05, 4.69) is 24.4 Å². The molecule has 0 bridgehead atoms. The predicted octanol–water partition coefficient (Wildman–Crippen LogP) is 3.84. The Morgan fingerprint density at radius 2 is 1.67 bits per heavy atom. The molecule has 1 atom stereocenters. The summed E-state index contributed by atoms with van der Waals surface area (Å²) in [5.41, 5.74) is 2.28. The predicted molar refractivity (Wildman–Crippen MR) is 87.8 cm³/mol. The lowest BCUT2D eigenvalue weighted by Gasteiger charge is -2.15. The monoisotopic (exact) mass is 279 g/mol. The van der Waals surface area contributed by atoms with Crippen LogP contribution in [-0.2, 0) is 11.2 Å². The largest absolute Gasteiger partial charge is 0.349 e. The molecule has 0 radical (unpaired) electrons. The molecule has 2 aromatic rings. The zero-order valence-electron chi connectivity index (χ0n) is 12.3. The maximum Gasteiger partial charge on any atom is 0.244 e. The van der Waals surface area contributed by atoms with Crippen LogP contribution in [0.5, 0.6) is 0 Å². The number of hydrogen-bond acceptors (Lipinski definition) is 1. The van der Waals surface area contributed by atoms with E-state index in [4.69, 9.17) is 0 Å². The van der Waals surface area contributed by atoms with Crippen molar-refractivity contribution in [3.63, 3.8) is 0 Å². The van der Waals surface area contributed by atoms with Gasteiger partial charge in [0, 0.05) is 12.1 Å². The van der Waals surface area contributed by atoms with Crippen LogP contribution in [0.3, 0.4) is 0 Å². The van der Waals surface area contributed by atoms with Gasteiger partial charge in [-0.2, -0.15) is 0 Å². The Labute approximate surface area is 126 Å². The third-order valence-electron chi connectivity index (χ3n) is 3.39. The first-order chi connectivity index (χ1) is 10.3. The first-order valence-corrected chi connectivity index (χ1v) is 7.35. The highest BCUT2D eigenvalue weighted by Gasteiger charge is 2.09. The van der Waals surface area contributed by atoms with Crippen molar-refractivity contribution in [2.24, 2.45) is 0 Å². The average Bonchev–Trinajstić information content (AvgIpc) is 2.54. The Balaban J connectivity index is 1.89. The molecule has 1 amide bonds. The van der Waals surface area contributed by atoms with Gasteiger partial charge >= 0.3 is 0 Å². The van der Waals surface area contributed by atoms with Crippen molar-refractivity contribution >= 4 is 12.0 Å². The number of rotatable bonds is 6. The number of amides is 1. The van der Waals surface area contributed by atoms with Crippen LogP contribution in [-0.4, -0.2) is 11.9 Å². The Kier molecular flexibility index (Phi) is 5.77. The minimum absolute atomic E-state index is 0.0402. The summed E-state index contributed by atoms with van der Waals surface area (Å²) in [5.74, 6) is -0.0402. The van der Waals surface area contributed by atoms with Crippen LogP contribution in [0.15, 0.2) is 66.7 Å². The molecule has 21 heavy (non-hydrogen) atoms. The molecule has 0 aliphatic carbocycles. The third kappa shape index (κ3) is 5.27. The SMILES string of the molecule is CC[C@H](Cc1ccccc1)NC(=O)C=Cc1ccccc1. The van der Waals surface area contributed by atoms with Crippen LogP contribution in [0.4, 0.5) is 0 Å². The van der Waals surface area contributed by atoms with Gasteiger partial charge in [-0.15, -0.1) is 0 Å². The van der Waals surface area contributed by atoms with Crippen molar-refractivity contribution in [3.05, 3.63) is 77.9 Å². The second-order valence-corrected chi connectivity index (χ2v) is 5.05. The molecule has 0 saturated carbocycles. The van der Waals surface area contributed by atoms with Crippen LogP contribution >= 0.6 is 0 Å². The molecule has 0 saturated heterocycles. The van der Waals surface area contributed by atoms with Crippen LogP contribution in [0.1, 0.15) is 24.5 Å². The van der Waals surface area contributed by atoms with Crippen molar-refractivity contribution in [2.45, 2.75) is 25.8 Å². The summed E-state index contributed by atoms with van der Waals surface area (Å²) in [5, 5.41) is 3.06. The minimum Gasteiger partial charge on any atom is -0.349 e. The van der Waals surface area contributed by atoms with E-state index >= 15 is 0 Å². The summed E-state index contributed by atoms with van der Waals surface area (Å²) in [6, 6.07) is 20.2. The summed E-state index contributed by atoms with van der Waals surface area (Å²) < 4.78 is 0. The van der Waals surface area contributed by atoms with E-state index in [-0.39, 0.29) is 11.9 Å². The lowest BCUT2D eigenvalue weighted by molar-refractivity contribution is -0.117. The zero-order valence-corrected chi connectivity index (χ0v) is 12.3. The number of carbonyl (C=O) groups is 1. The molecule has 0 unspecified atom stereocenters. The van der Waals surface area contributed by atoms with Gasteiger partial charge < -0.3 is 5.32 Å². The fourth-order valence-corrected chi connectivity index (χ4v) is 2.18. The van der Waals surface area contributed by atoms with Crippen LogP contribution < -0.4 is 5.32 Å². The Morgan fingerprint density at radius 3 is 2.29 bits per heavy atom. The lowest BCUT2D eigenvalue weighted by Crippen LogP contribution is -2.34. The van der Waals surface area contributed by atoms with Gasteiger partial charge in [-0.3, -0.25) is 4.79 Å². The highest BCUT2D eigenvalue weighted by molar-refractivity contribution is 5.91. The molecule has 0 aliphatic rings. The molecule has 0 aromatic heterocycles. The van der Waals surface area contributed by atoms with E-state index < -0.39 is 0 Å². The number of carbonyl (C=O) groups excluding carboxylic acids is 1. The first kappa shape index (κ1) is 15.0. The highest BCUT2D eigenvalue weighted by Crippen LogP contribution is 2.06. The van der Waals surface area contributed by atoms with Crippen molar-refractivity contribution in [1.29, 1.82) is 0 Å². The summed E-state index contributed by atoms with van der Waals surface area (Å²) in [6.07, 6.45) is 5.22. The van der Waals surface area contributed by atoms with E-state index in [1.165, 1.54) is 5.56 Å². The second-order valence-electron chi connectivity index (χ2n) is 5.05. The molecule has 0 fully saturated rings. The van der Waals surface area contributed by atoms with E-state index in [9.17, 15) is 4.79 Å². The molecule has 2 heteroatoms. The molecule has 0 spiro atoms. The van der Waals surface area contributed by atoms with E-state index in [0.717, 1.165) is 18.4 Å². The van der Waals surface area contributed by atoms with Gasteiger partial charge in [0.15, 0.2) is 0 Å². The van der Waals surface area contributed by atoms with Gasteiger partial charge in [0.05, 0.1) is 0 Å². The average molecular weight is 279 g/mol. The summed E-state index contributed by atoms with van der Waals surface area (Å²) in [6.45, 7) is 2.09. The molecule has 0 aliphatic heterocycles. The molecule has 1 N–H and O–H groups in total. The van der Waals surface area contributed by atoms with Crippen LogP contribution in [0.25, 0.3) is 6.08 Å². The van der Waals surface area contributed by atoms with Gasteiger partial charge in [0.1, 0.15) is 0 Å². The molecule has 2 rings (SSSR count). The molecular formula is C19H21NO. The second kappa shape index (κ2) is 8.05. The number of nitrogens with one attached hydrogen (secondary N) is 1. The lowest BCUT2D eigenvalue weighted by atomic mass is 10.0. The topological polar surface area (TPSA) is 29.1 Å². The van der Waals surface area contributed by atoms with Gasteiger partial charge in [-0.25, -0.2) is 0 Å². The maximum atomic E-state index is 12.0. The van der Waals surface area contributed by atoms with Crippen molar-refractivity contribution in [1.82, 2.24) is 5.32 Å². The maximum absolute atomic E-state index is 12.0. The van der Waals surface area contributed by atoms with Gasteiger partial charge in [-0.05, 0) is 30.0 Å². The first-order valence-electron chi connectivity index (χ1n) is 7.35. The van der Waals surface area contributed by atoms with Gasteiger partial charge in [0.2, 0.25) is 5.91 Å². The zero-order chi connectivity index (χ0) is 14.9. The molecule has 0 heterocycles. The molecule has 108 valence electrons. The van der Waals surface area contributed by atoms with E-state index in [0.29, 0.717) is 0 Å². The van der Waals surface area contributed by atoms with Crippen molar-refractivity contribution < 1.29 is 4.79 Å². The number of benzene rings is 2. The summed E-state index contributed by atoms with van der Waals surface area (Å²) >= 11 is 0. The van der Waals surface area contributed by atoms with Gasteiger partial charge in [-0.1, -0.05) is 67.6 Å². The van der Waals surface area contributed by atoms with E-state index in [1.807, 2.05) is 54.6 Å². The summed E-state index contributed by atoms with van der Waals surface area (Å²) in [4.78, 5) is 12.0. The smallest absolute Gasteiger partial charge is 0.244 e. The Bertz CT molecular complexity index is 575. The summed E-state index contributed by atoms with van der Waals surface area (Å²) in [7, 11) is 0. The van der Waals surface area contributed by atoms with Crippen LogP contribution in [0.2, 0.25) is 0 Å².